The Morgan fingerprint density at radius 3 is 3.13 bits per heavy atom. The van der Waals surface area contributed by atoms with Crippen molar-refractivity contribution in [1.29, 1.82) is 0 Å². The van der Waals surface area contributed by atoms with Crippen LogP contribution in [0.4, 0.5) is 0 Å². The van der Waals surface area contributed by atoms with Crippen LogP contribution in [0.5, 0.6) is 0 Å². The Bertz CT molecular complexity index is 291. The summed E-state index contributed by atoms with van der Waals surface area (Å²) >= 11 is 7.65. The van der Waals surface area contributed by atoms with Crippen LogP contribution in [0.15, 0.2) is 17.5 Å². The molecule has 2 heterocycles. The Morgan fingerprint density at radius 2 is 2.47 bits per heavy atom. The quantitative estimate of drug-likeness (QED) is 0.759. The van der Waals surface area contributed by atoms with Gasteiger partial charge >= 0.3 is 0 Å². The van der Waals surface area contributed by atoms with Crippen molar-refractivity contribution < 1.29 is 4.74 Å². The highest BCUT2D eigenvalue weighted by atomic mass is 35.5. The predicted octanol–water partition coefficient (Wildman–Crippen LogP) is 2.58. The van der Waals surface area contributed by atoms with E-state index >= 15 is 0 Å². The van der Waals surface area contributed by atoms with Gasteiger partial charge in [-0.2, -0.15) is 0 Å². The zero-order valence-corrected chi connectivity index (χ0v) is 10.4. The number of halogens is 1. The minimum Gasteiger partial charge on any atom is -0.371 e. The van der Waals surface area contributed by atoms with Crippen molar-refractivity contribution in [1.82, 2.24) is 4.90 Å². The molecule has 0 aromatic carbocycles. The lowest BCUT2D eigenvalue weighted by Crippen LogP contribution is -2.46. The summed E-state index contributed by atoms with van der Waals surface area (Å²) in [5.74, 6) is 0.589. The Balaban J connectivity index is 1.91. The molecule has 1 aromatic rings. The fourth-order valence-electron chi connectivity index (χ4n) is 1.98. The summed E-state index contributed by atoms with van der Waals surface area (Å²) in [4.78, 5) is 3.84. The van der Waals surface area contributed by atoms with Crippen molar-refractivity contribution in [2.45, 2.75) is 25.7 Å². The Kier molecular flexibility index (Phi) is 4.03. The number of ether oxygens (including phenoxy) is 1. The summed E-state index contributed by atoms with van der Waals surface area (Å²) < 4.78 is 5.71. The average molecular weight is 246 g/mol. The van der Waals surface area contributed by atoms with E-state index in [9.17, 15) is 0 Å². The van der Waals surface area contributed by atoms with E-state index in [0.29, 0.717) is 12.0 Å². The SMILES string of the molecule is CC1CN(Cc2cccs2)CC(CCl)O1. The minimum absolute atomic E-state index is 0.190. The van der Waals surface area contributed by atoms with Gasteiger partial charge in [0.05, 0.1) is 12.2 Å². The maximum absolute atomic E-state index is 5.84. The van der Waals surface area contributed by atoms with Crippen molar-refractivity contribution in [3.63, 3.8) is 0 Å². The van der Waals surface area contributed by atoms with E-state index in [1.54, 1.807) is 0 Å². The molecule has 0 N–H and O–H groups in total. The third kappa shape index (κ3) is 3.18. The third-order valence-corrected chi connectivity index (χ3v) is 3.74. The molecule has 0 aliphatic carbocycles. The highest BCUT2D eigenvalue weighted by molar-refractivity contribution is 7.09. The molecule has 84 valence electrons. The predicted molar refractivity (Wildman–Crippen MR) is 64.7 cm³/mol. The molecule has 15 heavy (non-hydrogen) atoms. The second-order valence-corrected chi connectivity index (χ2v) is 5.34. The number of alkyl halides is 1. The van der Waals surface area contributed by atoms with Gasteiger partial charge in [0, 0.05) is 30.4 Å². The first-order valence-corrected chi connectivity index (χ1v) is 6.65. The maximum atomic E-state index is 5.84. The zero-order valence-electron chi connectivity index (χ0n) is 8.86. The van der Waals surface area contributed by atoms with Gasteiger partial charge < -0.3 is 4.74 Å². The van der Waals surface area contributed by atoms with E-state index in [2.05, 4.69) is 29.3 Å². The van der Waals surface area contributed by atoms with Crippen molar-refractivity contribution >= 4 is 22.9 Å². The fourth-order valence-corrected chi connectivity index (χ4v) is 2.89. The third-order valence-electron chi connectivity index (χ3n) is 2.53. The highest BCUT2D eigenvalue weighted by Crippen LogP contribution is 2.17. The number of morpholine rings is 1. The topological polar surface area (TPSA) is 12.5 Å². The first-order valence-electron chi connectivity index (χ1n) is 5.24. The molecule has 4 heteroatoms. The number of hydrogen-bond acceptors (Lipinski definition) is 3. The summed E-state index contributed by atoms with van der Waals surface area (Å²) in [6, 6.07) is 4.28. The normalized spacial score (nSPS) is 28.1. The van der Waals surface area contributed by atoms with Crippen molar-refractivity contribution in [3.05, 3.63) is 22.4 Å². The molecule has 0 amide bonds. The number of hydrogen-bond donors (Lipinski definition) is 0. The Morgan fingerprint density at radius 1 is 1.60 bits per heavy atom. The molecule has 2 unspecified atom stereocenters. The highest BCUT2D eigenvalue weighted by Gasteiger charge is 2.24. The Labute approximate surface area is 99.8 Å². The van der Waals surface area contributed by atoms with Crippen LogP contribution in [-0.4, -0.2) is 36.1 Å². The standard InChI is InChI=1S/C11H16ClNOS/c1-9-6-13(7-10(5-12)14-9)8-11-3-2-4-15-11/h2-4,9-10H,5-8H2,1H3. The van der Waals surface area contributed by atoms with E-state index in [1.807, 2.05) is 11.3 Å². The van der Waals surface area contributed by atoms with Gasteiger partial charge in [-0.25, -0.2) is 0 Å². The number of thiophene rings is 1. The van der Waals surface area contributed by atoms with Crippen molar-refractivity contribution in [3.8, 4) is 0 Å². The summed E-state index contributed by atoms with van der Waals surface area (Å²) in [6.45, 7) is 5.09. The molecule has 0 saturated carbocycles. The smallest absolute Gasteiger partial charge is 0.0841 e. The fraction of sp³-hybridized carbons (Fsp3) is 0.636. The lowest BCUT2D eigenvalue weighted by atomic mass is 10.2. The van der Waals surface area contributed by atoms with Crippen LogP contribution in [0.1, 0.15) is 11.8 Å². The number of nitrogens with zero attached hydrogens (tertiary/aromatic N) is 1. The Hall–Kier alpha value is -0.0900. The molecule has 0 radical (unpaired) electrons. The molecular weight excluding hydrogens is 230 g/mol. The minimum atomic E-state index is 0.190. The lowest BCUT2D eigenvalue weighted by molar-refractivity contribution is -0.0686. The van der Waals surface area contributed by atoms with Gasteiger partial charge in [0.1, 0.15) is 0 Å². The number of rotatable bonds is 3. The van der Waals surface area contributed by atoms with E-state index < -0.39 is 0 Å². The van der Waals surface area contributed by atoms with Gasteiger partial charge in [0.15, 0.2) is 0 Å². The second kappa shape index (κ2) is 5.30. The van der Waals surface area contributed by atoms with Crippen LogP contribution < -0.4 is 0 Å². The van der Waals surface area contributed by atoms with Crippen LogP contribution in [0, 0.1) is 0 Å². The van der Waals surface area contributed by atoms with Crippen molar-refractivity contribution in [2.75, 3.05) is 19.0 Å². The summed E-state index contributed by atoms with van der Waals surface area (Å²) in [6.07, 6.45) is 0.484. The van der Waals surface area contributed by atoms with Gasteiger partial charge in [0.25, 0.3) is 0 Å². The van der Waals surface area contributed by atoms with E-state index in [4.69, 9.17) is 16.3 Å². The van der Waals surface area contributed by atoms with Crippen molar-refractivity contribution in [2.24, 2.45) is 0 Å². The molecule has 1 aliphatic rings. The van der Waals surface area contributed by atoms with Gasteiger partial charge in [-0.05, 0) is 18.4 Å². The van der Waals surface area contributed by atoms with E-state index in [1.165, 1.54) is 4.88 Å². The largest absolute Gasteiger partial charge is 0.371 e. The molecular formula is C11H16ClNOS. The van der Waals surface area contributed by atoms with Gasteiger partial charge in [-0.15, -0.1) is 22.9 Å². The molecule has 1 aliphatic heterocycles. The van der Waals surface area contributed by atoms with Crippen LogP contribution >= 0.6 is 22.9 Å². The molecule has 2 atom stereocenters. The maximum Gasteiger partial charge on any atom is 0.0841 e. The summed E-state index contributed by atoms with van der Waals surface area (Å²) in [7, 11) is 0. The van der Waals surface area contributed by atoms with Crippen LogP contribution in [0.3, 0.4) is 0 Å². The van der Waals surface area contributed by atoms with Gasteiger partial charge in [0.2, 0.25) is 0 Å². The van der Waals surface area contributed by atoms with Crippen LogP contribution in [0.25, 0.3) is 0 Å². The molecule has 0 bridgehead atoms. The summed E-state index contributed by atoms with van der Waals surface area (Å²) in [5.41, 5.74) is 0. The van der Waals surface area contributed by atoms with Crippen LogP contribution in [0.2, 0.25) is 0 Å². The summed E-state index contributed by atoms with van der Waals surface area (Å²) in [5, 5.41) is 2.12. The zero-order chi connectivity index (χ0) is 10.7. The average Bonchev–Trinajstić information content (AvgIpc) is 2.69. The first-order chi connectivity index (χ1) is 7.28. The van der Waals surface area contributed by atoms with E-state index in [0.717, 1.165) is 19.6 Å². The lowest BCUT2D eigenvalue weighted by Gasteiger charge is -2.35. The molecule has 1 saturated heterocycles. The van der Waals surface area contributed by atoms with E-state index in [-0.39, 0.29) is 6.10 Å². The molecule has 1 aromatic heterocycles. The molecule has 1 fully saturated rings. The first kappa shape index (κ1) is 11.4. The molecule has 0 spiro atoms. The molecule has 2 rings (SSSR count). The molecule has 2 nitrogen and oxygen atoms in total. The second-order valence-electron chi connectivity index (χ2n) is 4.00. The monoisotopic (exact) mass is 245 g/mol. The van der Waals surface area contributed by atoms with Gasteiger partial charge in [-0.3, -0.25) is 4.90 Å². The van der Waals surface area contributed by atoms with Gasteiger partial charge in [-0.1, -0.05) is 6.07 Å². The van der Waals surface area contributed by atoms with Crippen LogP contribution in [-0.2, 0) is 11.3 Å².